The van der Waals surface area contributed by atoms with Crippen LogP contribution in [0.4, 0.5) is 5.82 Å². The summed E-state index contributed by atoms with van der Waals surface area (Å²) in [5, 5.41) is 5.77. The third-order valence-corrected chi connectivity index (χ3v) is 5.06. The van der Waals surface area contributed by atoms with Gasteiger partial charge in [-0.3, -0.25) is 4.79 Å². The topological polar surface area (TPSA) is 110 Å². The minimum absolute atomic E-state index is 0.0928. The summed E-state index contributed by atoms with van der Waals surface area (Å²) in [6, 6.07) is 1.36. The highest BCUT2D eigenvalue weighted by atomic mass is 32.2. The van der Waals surface area contributed by atoms with Crippen molar-refractivity contribution in [3.63, 3.8) is 0 Å². The summed E-state index contributed by atoms with van der Waals surface area (Å²) in [4.78, 5) is 19.9. The Morgan fingerprint density at radius 2 is 2.27 bits per heavy atom. The van der Waals surface area contributed by atoms with E-state index in [4.69, 9.17) is 4.74 Å². The average molecular weight is 328 g/mol. The van der Waals surface area contributed by atoms with Crippen molar-refractivity contribution in [3.05, 3.63) is 18.1 Å². The van der Waals surface area contributed by atoms with Crippen molar-refractivity contribution in [2.75, 3.05) is 37.1 Å². The second kappa shape index (κ2) is 7.50. The van der Waals surface area contributed by atoms with E-state index in [1.54, 1.807) is 7.11 Å². The molecule has 2 rings (SSSR count). The number of aromatic nitrogens is 2. The minimum Gasteiger partial charge on any atom is -0.385 e. The summed E-state index contributed by atoms with van der Waals surface area (Å²) < 4.78 is 27.8. The Morgan fingerprint density at radius 1 is 1.45 bits per heavy atom. The van der Waals surface area contributed by atoms with Crippen LogP contribution in [0.2, 0.25) is 0 Å². The molecule has 0 spiro atoms. The van der Waals surface area contributed by atoms with Gasteiger partial charge < -0.3 is 15.4 Å². The molecule has 1 aromatic heterocycles. The molecular formula is C13H20N4O4S. The second-order valence-electron chi connectivity index (χ2n) is 5.14. The van der Waals surface area contributed by atoms with Crippen LogP contribution in [-0.4, -0.2) is 62.1 Å². The summed E-state index contributed by atoms with van der Waals surface area (Å²) in [5.74, 6) is 0.442. The molecule has 1 unspecified atom stereocenters. The number of nitrogens with zero attached hydrogens (tertiary/aromatic N) is 2. The molecule has 1 aromatic rings. The van der Waals surface area contributed by atoms with Crippen molar-refractivity contribution in [2.45, 2.75) is 18.9 Å². The number of hydrogen-bond donors (Lipinski definition) is 2. The molecule has 9 heteroatoms. The number of ether oxygens (including phenoxy) is 1. The van der Waals surface area contributed by atoms with Gasteiger partial charge in [0, 0.05) is 32.4 Å². The lowest BCUT2D eigenvalue weighted by molar-refractivity contribution is 0.0943. The van der Waals surface area contributed by atoms with Crippen LogP contribution < -0.4 is 10.6 Å². The maximum atomic E-state index is 11.9. The molecule has 0 aromatic carbocycles. The van der Waals surface area contributed by atoms with Crippen LogP contribution in [0.3, 0.4) is 0 Å². The molecule has 1 atom stereocenters. The Hall–Kier alpha value is -1.74. The highest BCUT2D eigenvalue weighted by molar-refractivity contribution is 7.91. The number of rotatable bonds is 7. The molecule has 0 saturated carbocycles. The van der Waals surface area contributed by atoms with E-state index in [9.17, 15) is 13.2 Å². The fraction of sp³-hybridized carbons (Fsp3) is 0.615. The van der Waals surface area contributed by atoms with E-state index in [-0.39, 0.29) is 29.1 Å². The summed E-state index contributed by atoms with van der Waals surface area (Å²) in [7, 11) is -1.35. The highest BCUT2D eigenvalue weighted by Crippen LogP contribution is 2.16. The summed E-state index contributed by atoms with van der Waals surface area (Å²) in [6.07, 6.45) is 2.55. The van der Waals surface area contributed by atoms with Gasteiger partial charge in [0.1, 0.15) is 17.8 Å². The van der Waals surface area contributed by atoms with Gasteiger partial charge in [-0.25, -0.2) is 18.4 Å². The minimum atomic E-state index is -2.96. The number of carbonyl (C=O) groups is 1. The molecule has 2 heterocycles. The molecule has 1 saturated heterocycles. The van der Waals surface area contributed by atoms with Crippen LogP contribution >= 0.6 is 0 Å². The fourth-order valence-electron chi connectivity index (χ4n) is 2.19. The Kier molecular flexibility index (Phi) is 5.67. The summed E-state index contributed by atoms with van der Waals surface area (Å²) in [6.45, 7) is 1.08. The first-order chi connectivity index (χ1) is 10.5. The number of amides is 1. The van der Waals surface area contributed by atoms with Gasteiger partial charge in [-0.1, -0.05) is 0 Å². The zero-order chi connectivity index (χ0) is 16.0. The molecule has 1 fully saturated rings. The van der Waals surface area contributed by atoms with Crippen molar-refractivity contribution in [1.29, 1.82) is 0 Å². The average Bonchev–Trinajstić information content (AvgIpc) is 2.82. The Bertz CT molecular complexity index is 620. The molecule has 0 aliphatic carbocycles. The van der Waals surface area contributed by atoms with Crippen LogP contribution in [0.25, 0.3) is 0 Å². The van der Waals surface area contributed by atoms with Crippen LogP contribution in [-0.2, 0) is 14.6 Å². The van der Waals surface area contributed by atoms with Gasteiger partial charge in [0.15, 0.2) is 9.84 Å². The second-order valence-corrected chi connectivity index (χ2v) is 7.36. The Morgan fingerprint density at radius 3 is 2.95 bits per heavy atom. The molecule has 1 aliphatic heterocycles. The third-order valence-electron chi connectivity index (χ3n) is 3.29. The van der Waals surface area contributed by atoms with E-state index in [1.807, 2.05) is 0 Å². The molecule has 1 aliphatic rings. The van der Waals surface area contributed by atoms with Crippen LogP contribution in [0.15, 0.2) is 12.4 Å². The van der Waals surface area contributed by atoms with E-state index >= 15 is 0 Å². The predicted octanol–water partition coefficient (Wildman–Crippen LogP) is -0.158. The number of carbonyl (C=O) groups excluding carboxylic acids is 1. The summed E-state index contributed by atoms with van der Waals surface area (Å²) >= 11 is 0. The van der Waals surface area contributed by atoms with Crippen LogP contribution in [0.5, 0.6) is 0 Å². The number of sulfone groups is 1. The van der Waals surface area contributed by atoms with Gasteiger partial charge in [0.2, 0.25) is 0 Å². The van der Waals surface area contributed by atoms with Crippen molar-refractivity contribution in [3.8, 4) is 0 Å². The number of anilines is 1. The van der Waals surface area contributed by atoms with Gasteiger partial charge in [-0.15, -0.1) is 0 Å². The molecular weight excluding hydrogens is 308 g/mol. The summed E-state index contributed by atoms with van der Waals surface area (Å²) in [5.41, 5.74) is 0.246. The van der Waals surface area contributed by atoms with Crippen LogP contribution in [0.1, 0.15) is 23.3 Å². The Labute approximate surface area is 129 Å². The maximum Gasteiger partial charge on any atom is 0.270 e. The van der Waals surface area contributed by atoms with Gasteiger partial charge >= 0.3 is 0 Å². The smallest absolute Gasteiger partial charge is 0.270 e. The number of methoxy groups -OCH3 is 1. The Balaban J connectivity index is 1.91. The molecule has 2 N–H and O–H groups in total. The largest absolute Gasteiger partial charge is 0.385 e. The van der Waals surface area contributed by atoms with E-state index in [1.165, 1.54) is 12.4 Å². The van der Waals surface area contributed by atoms with E-state index < -0.39 is 9.84 Å². The monoisotopic (exact) mass is 328 g/mol. The van der Waals surface area contributed by atoms with E-state index in [2.05, 4.69) is 20.6 Å². The molecule has 8 nitrogen and oxygen atoms in total. The van der Waals surface area contributed by atoms with Crippen molar-refractivity contribution in [1.82, 2.24) is 15.3 Å². The van der Waals surface area contributed by atoms with E-state index in [0.717, 1.165) is 6.42 Å². The van der Waals surface area contributed by atoms with Gasteiger partial charge in [0.25, 0.3) is 5.91 Å². The predicted molar refractivity (Wildman–Crippen MR) is 81.5 cm³/mol. The first-order valence-corrected chi connectivity index (χ1v) is 8.88. The number of nitrogens with one attached hydrogen (secondary N) is 2. The zero-order valence-electron chi connectivity index (χ0n) is 12.4. The number of hydrogen-bond acceptors (Lipinski definition) is 7. The quantitative estimate of drug-likeness (QED) is 0.669. The lowest BCUT2D eigenvalue weighted by Crippen LogP contribution is -2.27. The highest BCUT2D eigenvalue weighted by Gasteiger charge is 2.28. The molecule has 122 valence electrons. The fourth-order valence-corrected chi connectivity index (χ4v) is 3.86. The zero-order valence-corrected chi connectivity index (χ0v) is 13.2. The maximum absolute atomic E-state index is 11.9. The lowest BCUT2D eigenvalue weighted by atomic mass is 10.2. The van der Waals surface area contributed by atoms with Gasteiger partial charge in [-0.2, -0.15) is 0 Å². The molecule has 1 amide bonds. The SMILES string of the molecule is COCCCNC(=O)c1cc(NC2CCS(=O)(=O)C2)ncn1. The van der Waals surface area contributed by atoms with Crippen molar-refractivity contribution in [2.24, 2.45) is 0 Å². The normalized spacial score (nSPS) is 19.8. The lowest BCUT2D eigenvalue weighted by Gasteiger charge is -2.11. The van der Waals surface area contributed by atoms with Gasteiger partial charge in [0.05, 0.1) is 11.5 Å². The molecule has 0 bridgehead atoms. The van der Waals surface area contributed by atoms with Crippen molar-refractivity contribution >= 4 is 21.6 Å². The molecule has 0 radical (unpaired) electrons. The van der Waals surface area contributed by atoms with E-state index in [0.29, 0.717) is 25.4 Å². The standard InChI is InChI=1S/C13H20N4O4S/c1-21-5-2-4-14-13(18)11-7-12(16-9-15-11)17-10-3-6-22(19,20)8-10/h7,9-10H,2-6,8H2,1H3,(H,14,18)(H,15,16,17). The third kappa shape index (κ3) is 4.92. The van der Waals surface area contributed by atoms with Crippen LogP contribution in [0, 0.1) is 0 Å². The van der Waals surface area contributed by atoms with Crippen molar-refractivity contribution < 1.29 is 17.9 Å². The molecule has 22 heavy (non-hydrogen) atoms. The van der Waals surface area contributed by atoms with Gasteiger partial charge in [-0.05, 0) is 12.8 Å². The first-order valence-electron chi connectivity index (χ1n) is 7.06. The first kappa shape index (κ1) is 16.6.